The Hall–Kier alpha value is -2.69. The summed E-state index contributed by atoms with van der Waals surface area (Å²) in [4.78, 5) is 12.3. The van der Waals surface area contributed by atoms with E-state index in [1.807, 2.05) is 24.3 Å². The highest BCUT2D eigenvalue weighted by Crippen LogP contribution is 2.30. The van der Waals surface area contributed by atoms with E-state index in [4.69, 9.17) is 20.9 Å². The molecule has 2 aromatic rings. The fraction of sp³-hybridized carbons (Fsp3) is 0.316. The lowest BCUT2D eigenvalue weighted by atomic mass is 9.97. The second-order valence-corrected chi connectivity index (χ2v) is 6.72. The van der Waals surface area contributed by atoms with Crippen LogP contribution in [0.15, 0.2) is 48.5 Å². The molecule has 0 saturated carbocycles. The Morgan fingerprint density at radius 1 is 0.708 bits per heavy atom. The third kappa shape index (κ3) is 4.19. The number of ether oxygens (including phenoxy) is 2. The van der Waals surface area contributed by atoms with Gasteiger partial charge in [0, 0.05) is 11.4 Å². The fourth-order valence-electron chi connectivity index (χ4n) is 2.32. The van der Waals surface area contributed by atoms with Gasteiger partial charge in [-0.1, -0.05) is 24.3 Å². The molecule has 0 aromatic heterocycles. The van der Waals surface area contributed by atoms with Gasteiger partial charge in [0.2, 0.25) is 0 Å². The maximum absolute atomic E-state index is 12.3. The Balaban J connectivity index is 2.08. The van der Waals surface area contributed by atoms with Crippen LogP contribution >= 0.6 is 0 Å². The van der Waals surface area contributed by atoms with Gasteiger partial charge in [-0.15, -0.1) is 0 Å². The van der Waals surface area contributed by atoms with Crippen molar-refractivity contribution in [2.24, 2.45) is 0 Å². The van der Waals surface area contributed by atoms with E-state index in [0.717, 1.165) is 11.1 Å². The molecule has 5 heteroatoms. The topological polar surface area (TPSA) is 87.6 Å². The van der Waals surface area contributed by atoms with Crippen molar-refractivity contribution in [2.45, 2.75) is 38.9 Å². The van der Waals surface area contributed by atoms with E-state index in [-0.39, 0.29) is 0 Å². The molecular weight excluding hydrogens is 304 g/mol. The molecule has 2 rings (SSSR count). The average Bonchev–Trinajstić information content (AvgIpc) is 2.46. The predicted molar refractivity (Wildman–Crippen MR) is 95.3 cm³/mol. The van der Waals surface area contributed by atoms with E-state index in [0.29, 0.717) is 11.4 Å². The van der Waals surface area contributed by atoms with Gasteiger partial charge in [-0.3, -0.25) is 0 Å². The minimum Gasteiger partial charge on any atom is -0.423 e. The third-order valence-electron chi connectivity index (χ3n) is 3.89. The van der Waals surface area contributed by atoms with Gasteiger partial charge in [0.1, 0.15) is 11.2 Å². The normalized spacial score (nSPS) is 11.8. The van der Waals surface area contributed by atoms with Gasteiger partial charge in [-0.05, 0) is 63.1 Å². The average molecular weight is 328 g/mol. The highest BCUT2D eigenvalue weighted by Gasteiger charge is 2.31. The summed E-state index contributed by atoms with van der Waals surface area (Å²) in [5.41, 5.74) is 12.7. The molecule has 0 unspecified atom stereocenters. The number of hydrogen-bond acceptors (Lipinski definition) is 5. The highest BCUT2D eigenvalue weighted by molar-refractivity contribution is 5.62. The van der Waals surface area contributed by atoms with Crippen LogP contribution in [0.3, 0.4) is 0 Å². The predicted octanol–water partition coefficient (Wildman–Crippen LogP) is 4.17. The molecule has 24 heavy (non-hydrogen) atoms. The van der Waals surface area contributed by atoms with Crippen LogP contribution in [0.1, 0.15) is 38.8 Å². The number of nitrogens with two attached hydrogens (primary N) is 2. The molecular formula is C19H24N2O3. The van der Waals surface area contributed by atoms with Gasteiger partial charge >= 0.3 is 6.16 Å². The van der Waals surface area contributed by atoms with Gasteiger partial charge in [-0.25, -0.2) is 4.79 Å². The standard InChI is InChI=1S/C19H24N2O3/c1-18(2,13-5-9-15(20)10-6-13)23-17(22)24-19(3,4)14-7-11-16(21)12-8-14/h5-12H,20-21H2,1-4H3. The molecule has 0 heterocycles. The van der Waals surface area contributed by atoms with Gasteiger partial charge in [0.15, 0.2) is 0 Å². The monoisotopic (exact) mass is 328 g/mol. The van der Waals surface area contributed by atoms with E-state index in [1.165, 1.54) is 0 Å². The Morgan fingerprint density at radius 3 is 1.29 bits per heavy atom. The zero-order valence-corrected chi connectivity index (χ0v) is 14.5. The number of carbonyl (C=O) groups excluding carboxylic acids is 1. The SMILES string of the molecule is CC(C)(OC(=O)OC(C)(C)c1ccc(N)cc1)c1ccc(N)cc1. The van der Waals surface area contributed by atoms with Crippen LogP contribution in [0, 0.1) is 0 Å². The number of benzene rings is 2. The first-order valence-corrected chi connectivity index (χ1v) is 7.74. The third-order valence-corrected chi connectivity index (χ3v) is 3.89. The van der Waals surface area contributed by atoms with Crippen molar-refractivity contribution < 1.29 is 14.3 Å². The van der Waals surface area contributed by atoms with Crippen molar-refractivity contribution in [3.05, 3.63) is 59.7 Å². The lowest BCUT2D eigenvalue weighted by molar-refractivity contribution is -0.0633. The Kier molecular flexibility index (Phi) is 4.73. The van der Waals surface area contributed by atoms with Crippen molar-refractivity contribution >= 4 is 17.5 Å². The summed E-state index contributed by atoms with van der Waals surface area (Å²) in [5, 5.41) is 0. The van der Waals surface area contributed by atoms with E-state index in [1.54, 1.807) is 52.0 Å². The summed E-state index contributed by atoms with van der Waals surface area (Å²) in [7, 11) is 0. The molecule has 0 saturated heterocycles. The van der Waals surface area contributed by atoms with Crippen LogP contribution in [0.4, 0.5) is 16.2 Å². The second-order valence-electron chi connectivity index (χ2n) is 6.72. The molecule has 0 atom stereocenters. The highest BCUT2D eigenvalue weighted by atomic mass is 16.7. The molecule has 0 fully saturated rings. The van der Waals surface area contributed by atoms with E-state index in [2.05, 4.69) is 0 Å². The van der Waals surface area contributed by atoms with Crippen molar-refractivity contribution in [1.82, 2.24) is 0 Å². The molecule has 0 aliphatic carbocycles. The molecule has 0 bridgehead atoms. The quantitative estimate of drug-likeness (QED) is 0.649. The Bertz CT molecular complexity index is 643. The van der Waals surface area contributed by atoms with Crippen LogP contribution in [0.5, 0.6) is 0 Å². The van der Waals surface area contributed by atoms with Crippen LogP contribution in [0.25, 0.3) is 0 Å². The Labute approximate surface area is 142 Å². The van der Waals surface area contributed by atoms with E-state index < -0.39 is 17.4 Å². The van der Waals surface area contributed by atoms with Crippen molar-refractivity contribution in [3.63, 3.8) is 0 Å². The molecule has 2 aromatic carbocycles. The number of carbonyl (C=O) groups is 1. The van der Waals surface area contributed by atoms with E-state index in [9.17, 15) is 4.79 Å². The maximum Gasteiger partial charge on any atom is 0.510 e. The largest absolute Gasteiger partial charge is 0.510 e. The minimum absolute atomic E-state index is 0.654. The molecule has 4 N–H and O–H groups in total. The molecule has 0 amide bonds. The number of anilines is 2. The lowest BCUT2D eigenvalue weighted by Crippen LogP contribution is -2.31. The second kappa shape index (κ2) is 6.43. The van der Waals surface area contributed by atoms with Crippen molar-refractivity contribution in [2.75, 3.05) is 11.5 Å². The van der Waals surface area contributed by atoms with Crippen molar-refractivity contribution in [3.8, 4) is 0 Å². The van der Waals surface area contributed by atoms with Crippen LogP contribution in [-0.2, 0) is 20.7 Å². The van der Waals surface area contributed by atoms with Gasteiger partial charge < -0.3 is 20.9 Å². The summed E-state index contributed by atoms with van der Waals surface area (Å²) in [5.74, 6) is 0. The molecule has 128 valence electrons. The van der Waals surface area contributed by atoms with Crippen LogP contribution < -0.4 is 11.5 Å². The van der Waals surface area contributed by atoms with Crippen LogP contribution in [-0.4, -0.2) is 6.16 Å². The smallest absolute Gasteiger partial charge is 0.423 e. The Morgan fingerprint density at radius 2 is 1.00 bits per heavy atom. The number of rotatable bonds is 4. The van der Waals surface area contributed by atoms with Gasteiger partial charge in [0.05, 0.1) is 0 Å². The molecule has 0 aliphatic heterocycles. The summed E-state index contributed by atoms with van der Waals surface area (Å²) in [6.07, 6.45) is -0.737. The zero-order chi connectivity index (χ0) is 18.0. The molecule has 5 nitrogen and oxygen atoms in total. The van der Waals surface area contributed by atoms with Crippen molar-refractivity contribution in [1.29, 1.82) is 0 Å². The van der Waals surface area contributed by atoms with Gasteiger partial charge in [-0.2, -0.15) is 0 Å². The first-order valence-electron chi connectivity index (χ1n) is 7.74. The molecule has 0 radical (unpaired) electrons. The fourth-order valence-corrected chi connectivity index (χ4v) is 2.32. The maximum atomic E-state index is 12.3. The van der Waals surface area contributed by atoms with Crippen LogP contribution in [0.2, 0.25) is 0 Å². The van der Waals surface area contributed by atoms with E-state index >= 15 is 0 Å². The summed E-state index contributed by atoms with van der Waals surface area (Å²) in [6.45, 7) is 7.21. The number of hydrogen-bond donors (Lipinski definition) is 2. The lowest BCUT2D eigenvalue weighted by Gasteiger charge is -2.30. The summed E-state index contributed by atoms with van der Waals surface area (Å²) in [6, 6.07) is 14.4. The molecule has 0 aliphatic rings. The number of nitrogen functional groups attached to an aromatic ring is 2. The summed E-state index contributed by atoms with van der Waals surface area (Å²) >= 11 is 0. The summed E-state index contributed by atoms with van der Waals surface area (Å²) < 4.78 is 11.0. The zero-order valence-electron chi connectivity index (χ0n) is 14.5. The first-order chi connectivity index (χ1) is 11.1. The van der Waals surface area contributed by atoms with Gasteiger partial charge in [0.25, 0.3) is 0 Å². The molecule has 0 spiro atoms. The minimum atomic E-state index is -0.831. The first kappa shape index (κ1) is 17.7.